The van der Waals surface area contributed by atoms with Crippen molar-refractivity contribution >= 4 is 15.9 Å². The normalized spacial score (nSPS) is 16.6. The van der Waals surface area contributed by atoms with E-state index in [1.54, 1.807) is 12.1 Å². The highest BCUT2D eigenvalue weighted by Gasteiger charge is 2.23. The molecule has 3 rings (SSSR count). The van der Waals surface area contributed by atoms with E-state index in [4.69, 9.17) is 9.84 Å². The Morgan fingerprint density at radius 3 is 2.54 bits per heavy atom. The summed E-state index contributed by atoms with van der Waals surface area (Å²) in [7, 11) is -3.29. The Morgan fingerprint density at radius 1 is 1.25 bits per heavy atom. The number of sulfone groups is 1. The second-order valence-corrected chi connectivity index (χ2v) is 9.08. The monoisotopic (exact) mass is 404 g/mol. The Bertz CT molecular complexity index is 935. The van der Waals surface area contributed by atoms with Gasteiger partial charge in [0.15, 0.2) is 9.84 Å². The van der Waals surface area contributed by atoms with Gasteiger partial charge in [-0.15, -0.1) is 0 Å². The summed E-state index contributed by atoms with van der Waals surface area (Å²) in [5, 5.41) is 9.04. The van der Waals surface area contributed by atoms with Crippen LogP contribution in [0.25, 0.3) is 0 Å². The Balaban J connectivity index is 1.64. The topological polar surface area (TPSA) is 96.8 Å². The van der Waals surface area contributed by atoms with Gasteiger partial charge in [0.05, 0.1) is 10.6 Å². The van der Waals surface area contributed by atoms with E-state index < -0.39 is 15.9 Å². The number of rotatable bonds is 5. The summed E-state index contributed by atoms with van der Waals surface area (Å²) >= 11 is 0. The number of amides is 1. The molecule has 1 amide bonds. The minimum absolute atomic E-state index is 0.216. The van der Waals surface area contributed by atoms with Crippen LogP contribution >= 0.6 is 0 Å². The zero-order chi connectivity index (χ0) is 20.3. The van der Waals surface area contributed by atoms with Gasteiger partial charge in [-0.2, -0.15) is 0 Å². The fourth-order valence-electron chi connectivity index (χ4n) is 3.35. The molecule has 0 radical (unpaired) electrons. The fourth-order valence-corrected chi connectivity index (χ4v) is 4.00. The minimum Gasteiger partial charge on any atom is -0.484 e. The SMILES string of the molecule is CC(Oc1cccc(S(C)(=O)=O)c1)c1ccc(C2CCN(C(=O)O)CC2)cn1. The number of hydrogen-bond acceptors (Lipinski definition) is 5. The Kier molecular flexibility index (Phi) is 5.88. The highest BCUT2D eigenvalue weighted by atomic mass is 32.2. The van der Waals surface area contributed by atoms with Crippen molar-refractivity contribution in [2.24, 2.45) is 0 Å². The van der Waals surface area contributed by atoms with Crippen LogP contribution in [0, 0.1) is 0 Å². The second-order valence-electron chi connectivity index (χ2n) is 7.07. The summed E-state index contributed by atoms with van der Waals surface area (Å²) in [6.07, 6.45) is 3.37. The molecule has 2 heterocycles. The molecule has 1 N–H and O–H groups in total. The number of pyridine rings is 1. The molecule has 28 heavy (non-hydrogen) atoms. The molecule has 1 aliphatic rings. The van der Waals surface area contributed by atoms with Gasteiger partial charge < -0.3 is 14.7 Å². The first-order chi connectivity index (χ1) is 13.2. The third-order valence-electron chi connectivity index (χ3n) is 5.01. The Hall–Kier alpha value is -2.61. The molecule has 0 aliphatic carbocycles. The standard InChI is InChI=1S/C20H24N2O5S/c1-14(27-17-4-3-5-18(12-17)28(2,25)26)19-7-6-16(13-21-19)15-8-10-22(11-9-15)20(23)24/h3-7,12-15H,8-11H2,1-2H3,(H,23,24). The van der Waals surface area contributed by atoms with E-state index in [1.807, 2.05) is 25.3 Å². The van der Waals surface area contributed by atoms with Crippen LogP contribution < -0.4 is 4.74 Å². The smallest absolute Gasteiger partial charge is 0.407 e. The lowest BCUT2D eigenvalue weighted by Gasteiger charge is -2.30. The van der Waals surface area contributed by atoms with Crippen molar-refractivity contribution in [2.45, 2.75) is 36.7 Å². The summed E-state index contributed by atoms with van der Waals surface area (Å²) in [6, 6.07) is 10.3. The number of carbonyl (C=O) groups is 1. The second kappa shape index (κ2) is 8.18. The molecule has 7 nitrogen and oxygen atoms in total. The molecule has 150 valence electrons. The molecule has 8 heteroatoms. The lowest BCUT2D eigenvalue weighted by molar-refractivity contribution is 0.132. The van der Waals surface area contributed by atoms with Gasteiger partial charge in [0.1, 0.15) is 11.9 Å². The van der Waals surface area contributed by atoms with E-state index >= 15 is 0 Å². The average Bonchev–Trinajstić information content (AvgIpc) is 2.68. The van der Waals surface area contributed by atoms with Crippen molar-refractivity contribution in [3.63, 3.8) is 0 Å². The molecular weight excluding hydrogens is 380 g/mol. The maximum absolute atomic E-state index is 11.7. The molecule has 0 saturated carbocycles. The number of hydrogen-bond donors (Lipinski definition) is 1. The van der Waals surface area contributed by atoms with Crippen molar-refractivity contribution in [1.29, 1.82) is 0 Å². The predicted octanol–water partition coefficient (Wildman–Crippen LogP) is 3.48. The van der Waals surface area contributed by atoms with E-state index in [9.17, 15) is 13.2 Å². The number of nitrogens with zero attached hydrogens (tertiary/aromatic N) is 2. The van der Waals surface area contributed by atoms with E-state index in [2.05, 4.69) is 4.98 Å². The number of carboxylic acid groups (broad SMARTS) is 1. The number of benzene rings is 1. The first-order valence-electron chi connectivity index (χ1n) is 9.14. The van der Waals surface area contributed by atoms with Gasteiger partial charge in [0.2, 0.25) is 0 Å². The van der Waals surface area contributed by atoms with Crippen LogP contribution in [0.1, 0.15) is 43.0 Å². The lowest BCUT2D eigenvalue weighted by Crippen LogP contribution is -2.36. The zero-order valence-electron chi connectivity index (χ0n) is 15.9. The Morgan fingerprint density at radius 2 is 1.96 bits per heavy atom. The van der Waals surface area contributed by atoms with Gasteiger partial charge in [0, 0.05) is 25.5 Å². The van der Waals surface area contributed by atoms with E-state index in [1.165, 1.54) is 17.0 Å². The first-order valence-corrected chi connectivity index (χ1v) is 11.0. The maximum atomic E-state index is 11.7. The maximum Gasteiger partial charge on any atom is 0.407 e. The average molecular weight is 404 g/mol. The number of likely N-dealkylation sites (tertiary alicyclic amines) is 1. The van der Waals surface area contributed by atoms with Gasteiger partial charge in [-0.3, -0.25) is 4.98 Å². The molecular formula is C20H24N2O5S. The summed E-state index contributed by atoms with van der Waals surface area (Å²) in [4.78, 5) is 17.2. The lowest BCUT2D eigenvalue weighted by atomic mass is 9.90. The number of piperidine rings is 1. The van der Waals surface area contributed by atoms with Crippen molar-refractivity contribution in [3.8, 4) is 5.75 Å². The molecule has 1 aromatic carbocycles. The molecule has 0 spiro atoms. The van der Waals surface area contributed by atoms with Gasteiger partial charge in [-0.05, 0) is 55.5 Å². The van der Waals surface area contributed by atoms with Crippen LogP contribution in [0.4, 0.5) is 4.79 Å². The first kappa shape index (κ1) is 20.1. The molecule has 1 fully saturated rings. The van der Waals surface area contributed by atoms with Crippen LogP contribution in [0.3, 0.4) is 0 Å². The van der Waals surface area contributed by atoms with Crippen molar-refractivity contribution in [3.05, 3.63) is 53.9 Å². The predicted molar refractivity (Wildman–Crippen MR) is 104 cm³/mol. The summed E-state index contributed by atoms with van der Waals surface area (Å²) < 4.78 is 29.2. The van der Waals surface area contributed by atoms with Crippen LogP contribution in [0.5, 0.6) is 5.75 Å². The molecule has 1 aliphatic heterocycles. The number of ether oxygens (including phenoxy) is 1. The molecule has 0 bridgehead atoms. The van der Waals surface area contributed by atoms with E-state index in [0.29, 0.717) is 24.8 Å². The highest BCUT2D eigenvalue weighted by molar-refractivity contribution is 7.90. The van der Waals surface area contributed by atoms with E-state index in [0.717, 1.165) is 30.4 Å². The van der Waals surface area contributed by atoms with E-state index in [-0.39, 0.29) is 11.0 Å². The molecule has 2 aromatic rings. The Labute approximate surface area is 164 Å². The summed E-state index contributed by atoms with van der Waals surface area (Å²) in [5.41, 5.74) is 1.84. The third kappa shape index (κ3) is 4.81. The summed E-state index contributed by atoms with van der Waals surface area (Å²) in [6.45, 7) is 2.94. The molecule has 1 atom stereocenters. The number of aromatic nitrogens is 1. The minimum atomic E-state index is -3.29. The van der Waals surface area contributed by atoms with Crippen molar-refractivity contribution < 1.29 is 23.1 Å². The quantitative estimate of drug-likeness (QED) is 0.819. The zero-order valence-corrected chi connectivity index (χ0v) is 16.7. The van der Waals surface area contributed by atoms with Crippen molar-refractivity contribution in [2.75, 3.05) is 19.3 Å². The fraction of sp³-hybridized carbons (Fsp3) is 0.400. The van der Waals surface area contributed by atoms with Gasteiger partial charge in [-0.1, -0.05) is 12.1 Å². The van der Waals surface area contributed by atoms with Gasteiger partial charge in [-0.25, -0.2) is 13.2 Å². The van der Waals surface area contributed by atoms with Crippen molar-refractivity contribution in [1.82, 2.24) is 9.88 Å². The highest BCUT2D eigenvalue weighted by Crippen LogP contribution is 2.29. The molecule has 1 saturated heterocycles. The van der Waals surface area contributed by atoms with Gasteiger partial charge in [0.25, 0.3) is 0 Å². The largest absolute Gasteiger partial charge is 0.484 e. The summed E-state index contributed by atoms with van der Waals surface area (Å²) in [5.74, 6) is 0.780. The molecule has 1 unspecified atom stereocenters. The molecule has 1 aromatic heterocycles. The van der Waals surface area contributed by atoms with Gasteiger partial charge >= 0.3 is 6.09 Å². The van der Waals surface area contributed by atoms with Crippen LogP contribution in [-0.2, 0) is 9.84 Å². The van der Waals surface area contributed by atoms with Crippen LogP contribution in [0.2, 0.25) is 0 Å². The third-order valence-corrected chi connectivity index (χ3v) is 6.12. The van der Waals surface area contributed by atoms with Crippen LogP contribution in [-0.4, -0.2) is 48.8 Å². The van der Waals surface area contributed by atoms with Crippen LogP contribution in [0.15, 0.2) is 47.5 Å².